The standard InChI is InChI=1S/C36H52N2O10/c1-13-45-29(41)35(30(42)46-14-2)17-21-22(18-35)26(28(40)38(12)34(8,9)10)24-20-36(31(43)47-15-3,32(44)48-16-4)19-23(24)25(21)27(39)37(11)33(5,6)7/h13-20H2,1-12H3. The lowest BCUT2D eigenvalue weighted by molar-refractivity contribution is -0.172. The topological polar surface area (TPSA) is 146 Å². The maximum Gasteiger partial charge on any atom is 0.324 e. The van der Waals surface area contributed by atoms with Crippen molar-refractivity contribution in [1.29, 1.82) is 0 Å². The van der Waals surface area contributed by atoms with Gasteiger partial charge in [-0.15, -0.1) is 0 Å². The van der Waals surface area contributed by atoms with Crippen LogP contribution < -0.4 is 0 Å². The fourth-order valence-electron chi connectivity index (χ4n) is 6.36. The van der Waals surface area contributed by atoms with Crippen molar-refractivity contribution in [2.45, 2.75) is 106 Å². The second-order valence-electron chi connectivity index (χ2n) is 14.5. The quantitative estimate of drug-likeness (QED) is 0.204. The highest BCUT2D eigenvalue weighted by atomic mass is 16.6. The van der Waals surface area contributed by atoms with Crippen molar-refractivity contribution in [2.75, 3.05) is 40.5 Å². The van der Waals surface area contributed by atoms with Crippen molar-refractivity contribution in [3.8, 4) is 0 Å². The monoisotopic (exact) mass is 672 g/mol. The summed E-state index contributed by atoms with van der Waals surface area (Å²) in [6, 6.07) is 0. The highest BCUT2D eigenvalue weighted by Crippen LogP contribution is 2.51. The van der Waals surface area contributed by atoms with Crippen molar-refractivity contribution in [3.05, 3.63) is 33.4 Å². The Bertz CT molecular complexity index is 1310. The summed E-state index contributed by atoms with van der Waals surface area (Å²) in [5.41, 5.74) is -3.56. The van der Waals surface area contributed by atoms with Gasteiger partial charge in [-0.2, -0.15) is 0 Å². The van der Waals surface area contributed by atoms with Crippen LogP contribution in [0.4, 0.5) is 0 Å². The lowest BCUT2D eigenvalue weighted by Gasteiger charge is -2.35. The molecule has 0 saturated heterocycles. The summed E-state index contributed by atoms with van der Waals surface area (Å²) in [6.45, 7) is 17.6. The van der Waals surface area contributed by atoms with Gasteiger partial charge in [0, 0.05) is 62.0 Å². The first-order valence-corrected chi connectivity index (χ1v) is 16.6. The minimum absolute atomic E-state index is 0.00840. The Kier molecular flexibility index (Phi) is 11.1. The van der Waals surface area contributed by atoms with Crippen LogP contribution in [0.2, 0.25) is 0 Å². The summed E-state index contributed by atoms with van der Waals surface area (Å²) < 4.78 is 21.7. The fraction of sp³-hybridized carbons (Fsp3) is 0.667. The first-order valence-electron chi connectivity index (χ1n) is 16.6. The smallest absolute Gasteiger partial charge is 0.324 e. The van der Waals surface area contributed by atoms with Crippen LogP contribution in [0.1, 0.15) is 112 Å². The first kappa shape index (κ1) is 38.5. The molecule has 2 aliphatic carbocycles. The minimum Gasteiger partial charge on any atom is -0.465 e. The SMILES string of the molecule is CCOC(=O)C1(C(=O)OCC)Cc2c(c(C(=O)N(C)C(C)(C)C)c3c(c2C(=O)N(C)C(C)(C)C)CC(C(=O)OCC)(C(=O)OCC)C3)C1. The number of benzene rings is 1. The van der Waals surface area contributed by atoms with E-state index in [1.165, 1.54) is 9.80 Å². The van der Waals surface area contributed by atoms with Gasteiger partial charge in [-0.1, -0.05) is 0 Å². The summed E-state index contributed by atoms with van der Waals surface area (Å²) in [6.07, 6.45) is -1.12. The van der Waals surface area contributed by atoms with E-state index < -0.39 is 57.6 Å². The molecule has 0 unspecified atom stereocenters. The third-order valence-electron chi connectivity index (χ3n) is 9.56. The number of carbonyl (C=O) groups is 6. The van der Waals surface area contributed by atoms with E-state index in [4.69, 9.17) is 18.9 Å². The molecule has 0 bridgehead atoms. The van der Waals surface area contributed by atoms with E-state index in [1.807, 2.05) is 41.5 Å². The second kappa shape index (κ2) is 13.9. The number of ether oxygens (including phenoxy) is 4. The summed E-state index contributed by atoms with van der Waals surface area (Å²) in [5, 5.41) is 0. The highest BCUT2D eigenvalue weighted by molar-refractivity contribution is 6.10. The van der Waals surface area contributed by atoms with Gasteiger partial charge in [-0.05, 0) is 91.5 Å². The molecule has 0 aromatic heterocycles. The molecule has 0 atom stereocenters. The van der Waals surface area contributed by atoms with Crippen LogP contribution in [0.5, 0.6) is 0 Å². The molecule has 0 radical (unpaired) electrons. The zero-order valence-corrected chi connectivity index (χ0v) is 30.6. The van der Waals surface area contributed by atoms with E-state index in [0.717, 1.165) is 0 Å². The number of amides is 2. The third kappa shape index (κ3) is 6.54. The van der Waals surface area contributed by atoms with Crippen LogP contribution in [-0.2, 0) is 63.8 Å². The number of hydrogen-bond donors (Lipinski definition) is 0. The summed E-state index contributed by atoms with van der Waals surface area (Å²) >= 11 is 0. The maximum absolute atomic E-state index is 14.7. The molecule has 0 heterocycles. The Morgan fingerprint density at radius 1 is 0.500 bits per heavy atom. The molecule has 1 aromatic carbocycles. The Labute approximate surface area is 283 Å². The Hall–Kier alpha value is -3.96. The normalized spacial score (nSPS) is 15.9. The number of esters is 4. The van der Waals surface area contributed by atoms with Gasteiger partial charge in [0.25, 0.3) is 11.8 Å². The molecule has 0 N–H and O–H groups in total. The highest BCUT2D eigenvalue weighted by Gasteiger charge is 2.60. The predicted octanol–water partition coefficient (Wildman–Crippen LogP) is 3.85. The van der Waals surface area contributed by atoms with Crippen LogP contribution in [0.3, 0.4) is 0 Å². The van der Waals surface area contributed by atoms with Crippen molar-refractivity contribution in [1.82, 2.24) is 9.80 Å². The molecule has 266 valence electrons. The Balaban J connectivity index is 2.56. The largest absolute Gasteiger partial charge is 0.465 e. The first-order chi connectivity index (χ1) is 22.2. The molecule has 12 nitrogen and oxygen atoms in total. The van der Waals surface area contributed by atoms with Crippen molar-refractivity contribution >= 4 is 35.7 Å². The minimum atomic E-state index is -1.87. The third-order valence-corrected chi connectivity index (χ3v) is 9.56. The molecule has 0 spiro atoms. The molecule has 0 aliphatic heterocycles. The molecular formula is C36H52N2O10. The number of rotatable bonds is 10. The molecule has 48 heavy (non-hydrogen) atoms. The number of fused-ring (bicyclic) bond motifs is 2. The van der Waals surface area contributed by atoms with Crippen LogP contribution in [0, 0.1) is 10.8 Å². The van der Waals surface area contributed by atoms with E-state index in [9.17, 15) is 28.8 Å². The average Bonchev–Trinajstić information content (AvgIpc) is 3.59. The Morgan fingerprint density at radius 3 is 0.875 bits per heavy atom. The molecule has 1 aromatic rings. The number of hydrogen-bond acceptors (Lipinski definition) is 10. The van der Waals surface area contributed by atoms with Gasteiger partial charge in [0.05, 0.1) is 26.4 Å². The predicted molar refractivity (Wildman–Crippen MR) is 176 cm³/mol. The molecule has 12 heteroatoms. The van der Waals surface area contributed by atoms with Gasteiger partial charge in [-0.25, -0.2) is 0 Å². The summed E-state index contributed by atoms with van der Waals surface area (Å²) in [7, 11) is 3.26. The average molecular weight is 673 g/mol. The Morgan fingerprint density at radius 2 is 0.708 bits per heavy atom. The van der Waals surface area contributed by atoms with E-state index in [1.54, 1.807) is 41.8 Å². The molecule has 2 aliphatic rings. The number of carbonyl (C=O) groups excluding carboxylic acids is 6. The van der Waals surface area contributed by atoms with Gasteiger partial charge in [0.1, 0.15) is 0 Å². The van der Waals surface area contributed by atoms with Gasteiger partial charge in [0.15, 0.2) is 10.8 Å². The van der Waals surface area contributed by atoms with Gasteiger partial charge in [0.2, 0.25) is 0 Å². The van der Waals surface area contributed by atoms with Crippen molar-refractivity contribution < 1.29 is 47.7 Å². The van der Waals surface area contributed by atoms with Gasteiger partial charge >= 0.3 is 23.9 Å². The molecule has 0 saturated carbocycles. The van der Waals surface area contributed by atoms with Gasteiger partial charge in [-0.3, -0.25) is 28.8 Å². The summed E-state index contributed by atoms with van der Waals surface area (Å²) in [5.74, 6) is -4.19. The zero-order valence-electron chi connectivity index (χ0n) is 30.6. The van der Waals surface area contributed by atoms with Crippen LogP contribution in [0.15, 0.2) is 0 Å². The zero-order chi connectivity index (χ0) is 36.6. The van der Waals surface area contributed by atoms with Crippen LogP contribution in [-0.4, -0.2) is 97.1 Å². The van der Waals surface area contributed by atoms with E-state index in [2.05, 4.69) is 0 Å². The van der Waals surface area contributed by atoms with Crippen LogP contribution in [0.25, 0.3) is 0 Å². The molecule has 2 amide bonds. The van der Waals surface area contributed by atoms with E-state index in [0.29, 0.717) is 22.3 Å². The van der Waals surface area contributed by atoms with Gasteiger partial charge < -0.3 is 28.7 Å². The van der Waals surface area contributed by atoms with E-state index in [-0.39, 0.29) is 63.2 Å². The molecular weight excluding hydrogens is 620 g/mol. The van der Waals surface area contributed by atoms with Crippen molar-refractivity contribution in [2.24, 2.45) is 10.8 Å². The lowest BCUT2D eigenvalue weighted by atomic mass is 9.82. The summed E-state index contributed by atoms with van der Waals surface area (Å²) in [4.78, 5) is 87.3. The fourth-order valence-corrected chi connectivity index (χ4v) is 6.36. The maximum atomic E-state index is 14.7. The van der Waals surface area contributed by atoms with E-state index >= 15 is 0 Å². The van der Waals surface area contributed by atoms with Crippen molar-refractivity contribution in [3.63, 3.8) is 0 Å². The molecule has 0 fully saturated rings. The van der Waals surface area contributed by atoms with Crippen LogP contribution >= 0.6 is 0 Å². The molecule has 3 rings (SSSR count). The number of nitrogens with zero attached hydrogens (tertiary/aromatic N) is 2. The lowest BCUT2D eigenvalue weighted by Crippen LogP contribution is -2.45. The second-order valence-corrected chi connectivity index (χ2v) is 14.5.